The molecule has 1 aromatic carbocycles. The average Bonchev–Trinajstić information content (AvgIpc) is 2.74. The second kappa shape index (κ2) is 4.94. The highest BCUT2D eigenvalue weighted by molar-refractivity contribution is 5.98. The van der Waals surface area contributed by atoms with E-state index in [4.69, 9.17) is 4.74 Å². The fourth-order valence-electron chi connectivity index (χ4n) is 2.30. The number of pyridine rings is 1. The van der Waals surface area contributed by atoms with Crippen LogP contribution < -0.4 is 4.74 Å². The van der Waals surface area contributed by atoms with Crippen molar-refractivity contribution in [2.45, 2.75) is 12.8 Å². The van der Waals surface area contributed by atoms with Crippen molar-refractivity contribution in [2.75, 3.05) is 7.11 Å². The quantitative estimate of drug-likeness (QED) is 0.922. The number of rotatable bonds is 3. The number of benzene rings is 1. The van der Waals surface area contributed by atoms with Gasteiger partial charge in [0.15, 0.2) is 6.23 Å². The summed E-state index contributed by atoms with van der Waals surface area (Å²) in [6.07, 6.45) is 0.590. The van der Waals surface area contributed by atoms with Crippen molar-refractivity contribution in [1.82, 2.24) is 9.88 Å². The minimum atomic E-state index is -0.985. The Morgan fingerprint density at radius 2 is 2.05 bits per heavy atom. The molecule has 1 aliphatic heterocycles. The summed E-state index contributed by atoms with van der Waals surface area (Å²) in [4.78, 5) is 17.7. The van der Waals surface area contributed by atoms with Crippen LogP contribution in [-0.2, 0) is 6.54 Å². The molecule has 2 aromatic rings. The topological polar surface area (TPSA) is 62.7 Å². The van der Waals surface area contributed by atoms with Crippen LogP contribution in [0.25, 0.3) is 0 Å². The van der Waals surface area contributed by atoms with E-state index in [1.807, 2.05) is 24.3 Å². The molecule has 20 heavy (non-hydrogen) atoms. The van der Waals surface area contributed by atoms with E-state index in [1.54, 1.807) is 25.4 Å². The molecular weight excluding hydrogens is 256 g/mol. The van der Waals surface area contributed by atoms with Crippen LogP contribution in [0.3, 0.4) is 0 Å². The first-order valence-corrected chi connectivity index (χ1v) is 6.27. The molecule has 5 heteroatoms. The number of methoxy groups -OCH3 is 1. The number of aromatic nitrogens is 1. The zero-order valence-electron chi connectivity index (χ0n) is 11.0. The fraction of sp³-hybridized carbons (Fsp3) is 0.200. The van der Waals surface area contributed by atoms with E-state index in [-0.39, 0.29) is 5.91 Å². The van der Waals surface area contributed by atoms with Crippen LogP contribution in [0, 0.1) is 0 Å². The summed E-state index contributed by atoms with van der Waals surface area (Å²) < 4.78 is 5.09. The first kappa shape index (κ1) is 12.6. The Hall–Kier alpha value is -2.40. The lowest BCUT2D eigenvalue weighted by atomic mass is 10.2. The molecule has 5 nitrogen and oxygen atoms in total. The summed E-state index contributed by atoms with van der Waals surface area (Å²) in [7, 11) is 1.60. The van der Waals surface area contributed by atoms with Crippen molar-refractivity contribution >= 4 is 5.91 Å². The van der Waals surface area contributed by atoms with E-state index < -0.39 is 6.23 Å². The molecule has 0 fully saturated rings. The average molecular weight is 270 g/mol. The summed E-state index contributed by atoms with van der Waals surface area (Å²) in [5.41, 5.74) is 1.81. The Bertz CT molecular complexity index is 640. The number of hydrogen-bond acceptors (Lipinski definition) is 4. The normalized spacial score (nSPS) is 17.2. The molecule has 1 unspecified atom stereocenters. The highest BCUT2D eigenvalue weighted by atomic mass is 16.5. The number of carbonyl (C=O) groups excluding carboxylic acids is 1. The fourth-order valence-corrected chi connectivity index (χ4v) is 2.30. The lowest BCUT2D eigenvalue weighted by molar-refractivity contribution is 0.0120. The molecule has 1 atom stereocenters. The first-order valence-electron chi connectivity index (χ1n) is 6.27. The SMILES string of the molecule is COc1ccc(CN2C(=O)c3cccnc3C2O)cc1. The minimum Gasteiger partial charge on any atom is -0.497 e. The molecule has 3 rings (SSSR count). The molecule has 1 amide bonds. The molecule has 0 aliphatic carbocycles. The lowest BCUT2D eigenvalue weighted by Gasteiger charge is -2.20. The molecule has 0 spiro atoms. The van der Waals surface area contributed by atoms with Crippen LogP contribution >= 0.6 is 0 Å². The van der Waals surface area contributed by atoms with Gasteiger partial charge in [-0.25, -0.2) is 0 Å². The number of nitrogens with zero attached hydrogens (tertiary/aromatic N) is 2. The van der Waals surface area contributed by atoms with Gasteiger partial charge in [-0.15, -0.1) is 0 Å². The third-order valence-electron chi connectivity index (χ3n) is 3.38. The van der Waals surface area contributed by atoms with Crippen LogP contribution in [-0.4, -0.2) is 28.0 Å². The van der Waals surface area contributed by atoms with E-state index in [1.165, 1.54) is 4.90 Å². The Kier molecular flexibility index (Phi) is 3.12. The highest BCUT2D eigenvalue weighted by Gasteiger charge is 2.36. The van der Waals surface area contributed by atoms with Crippen LogP contribution in [0.1, 0.15) is 27.8 Å². The summed E-state index contributed by atoms with van der Waals surface area (Å²) >= 11 is 0. The maximum Gasteiger partial charge on any atom is 0.258 e. The lowest BCUT2D eigenvalue weighted by Crippen LogP contribution is -2.27. The van der Waals surface area contributed by atoms with Gasteiger partial charge in [-0.3, -0.25) is 9.78 Å². The molecule has 0 saturated carbocycles. The summed E-state index contributed by atoms with van der Waals surface area (Å²) in [6, 6.07) is 10.8. The Morgan fingerprint density at radius 1 is 1.30 bits per heavy atom. The molecule has 0 radical (unpaired) electrons. The van der Waals surface area contributed by atoms with Crippen molar-refractivity contribution in [3.8, 4) is 5.75 Å². The Morgan fingerprint density at radius 3 is 2.70 bits per heavy atom. The first-order chi connectivity index (χ1) is 9.70. The zero-order valence-corrected chi connectivity index (χ0v) is 11.0. The van der Waals surface area contributed by atoms with Gasteiger partial charge in [-0.05, 0) is 29.8 Å². The Balaban J connectivity index is 1.83. The summed E-state index contributed by atoms with van der Waals surface area (Å²) in [6.45, 7) is 0.334. The Labute approximate surface area is 116 Å². The van der Waals surface area contributed by atoms with E-state index in [0.717, 1.165) is 11.3 Å². The standard InChI is InChI=1S/C15H14N2O3/c1-20-11-6-4-10(5-7-11)9-17-14(18)12-3-2-8-16-13(12)15(17)19/h2-8,15,19H,9H2,1H3. The zero-order chi connectivity index (χ0) is 14.1. The predicted octanol–water partition coefficient (Wildman–Crippen LogP) is 1.74. The second-order valence-corrected chi connectivity index (χ2v) is 4.59. The maximum absolute atomic E-state index is 12.2. The largest absolute Gasteiger partial charge is 0.497 e. The van der Waals surface area contributed by atoms with E-state index in [0.29, 0.717) is 17.8 Å². The van der Waals surface area contributed by atoms with Gasteiger partial charge < -0.3 is 14.7 Å². The number of amides is 1. The van der Waals surface area contributed by atoms with Crippen LogP contribution in [0.5, 0.6) is 5.75 Å². The van der Waals surface area contributed by atoms with Crippen LogP contribution in [0.2, 0.25) is 0 Å². The number of carbonyl (C=O) groups is 1. The van der Waals surface area contributed by atoms with Gasteiger partial charge in [0.1, 0.15) is 11.4 Å². The van der Waals surface area contributed by atoms with E-state index in [2.05, 4.69) is 4.98 Å². The highest BCUT2D eigenvalue weighted by Crippen LogP contribution is 2.31. The number of fused-ring (bicyclic) bond motifs is 1. The molecular formula is C15H14N2O3. The van der Waals surface area contributed by atoms with E-state index >= 15 is 0 Å². The van der Waals surface area contributed by atoms with Crippen LogP contribution in [0.4, 0.5) is 0 Å². The van der Waals surface area contributed by atoms with Crippen LogP contribution in [0.15, 0.2) is 42.6 Å². The number of ether oxygens (including phenoxy) is 1. The molecule has 1 N–H and O–H groups in total. The molecule has 102 valence electrons. The van der Waals surface area contributed by atoms with Crippen molar-refractivity contribution in [2.24, 2.45) is 0 Å². The summed E-state index contributed by atoms with van der Waals surface area (Å²) in [5, 5.41) is 10.2. The van der Waals surface area contributed by atoms with Crippen molar-refractivity contribution in [3.63, 3.8) is 0 Å². The van der Waals surface area contributed by atoms with Gasteiger partial charge in [-0.2, -0.15) is 0 Å². The smallest absolute Gasteiger partial charge is 0.258 e. The van der Waals surface area contributed by atoms with E-state index in [9.17, 15) is 9.90 Å². The third kappa shape index (κ3) is 2.02. The number of aliphatic hydroxyl groups excluding tert-OH is 1. The summed E-state index contributed by atoms with van der Waals surface area (Å²) in [5.74, 6) is 0.559. The predicted molar refractivity (Wildman–Crippen MR) is 72.1 cm³/mol. The number of aliphatic hydroxyl groups is 1. The van der Waals surface area contributed by atoms with Crippen molar-refractivity contribution in [1.29, 1.82) is 0 Å². The molecule has 0 saturated heterocycles. The molecule has 1 aliphatic rings. The third-order valence-corrected chi connectivity index (χ3v) is 3.38. The number of hydrogen-bond donors (Lipinski definition) is 1. The molecule has 1 aromatic heterocycles. The van der Waals surface area contributed by atoms with Gasteiger partial charge >= 0.3 is 0 Å². The second-order valence-electron chi connectivity index (χ2n) is 4.59. The van der Waals surface area contributed by atoms with Crippen molar-refractivity contribution in [3.05, 3.63) is 59.4 Å². The van der Waals surface area contributed by atoms with Gasteiger partial charge in [0.05, 0.1) is 12.7 Å². The minimum absolute atomic E-state index is 0.198. The molecule has 2 heterocycles. The van der Waals surface area contributed by atoms with Gasteiger partial charge in [0.25, 0.3) is 5.91 Å². The maximum atomic E-state index is 12.2. The monoisotopic (exact) mass is 270 g/mol. The van der Waals surface area contributed by atoms with Crippen molar-refractivity contribution < 1.29 is 14.6 Å². The van der Waals surface area contributed by atoms with Gasteiger partial charge in [-0.1, -0.05) is 12.1 Å². The molecule has 0 bridgehead atoms. The van der Waals surface area contributed by atoms with Gasteiger partial charge in [0, 0.05) is 12.7 Å². The van der Waals surface area contributed by atoms with Gasteiger partial charge in [0.2, 0.25) is 0 Å².